The molecule has 0 bridgehead atoms. The van der Waals surface area contributed by atoms with Gasteiger partial charge in [-0.15, -0.1) is 0 Å². The second-order valence-corrected chi connectivity index (χ2v) is 4.98. The van der Waals surface area contributed by atoms with E-state index >= 15 is 0 Å². The van der Waals surface area contributed by atoms with Gasteiger partial charge in [0.15, 0.2) is 10.7 Å². The van der Waals surface area contributed by atoms with Crippen LogP contribution in [0.3, 0.4) is 0 Å². The smallest absolute Gasteiger partial charge is 0.354 e. The normalized spacial score (nSPS) is 10.7. The maximum atomic E-state index is 11.3. The topological polar surface area (TPSA) is 54.6 Å². The highest BCUT2D eigenvalue weighted by Crippen LogP contribution is 2.28. The SMILES string of the molecule is C=Cc1sc2nc(-c3ccccc3)cn2c1C(=O)O. The van der Waals surface area contributed by atoms with Gasteiger partial charge in [0.1, 0.15) is 0 Å². The van der Waals surface area contributed by atoms with E-state index in [0.29, 0.717) is 9.84 Å². The molecule has 1 aromatic carbocycles. The lowest BCUT2D eigenvalue weighted by molar-refractivity contribution is 0.0689. The molecule has 2 heterocycles. The number of imidazole rings is 1. The monoisotopic (exact) mass is 270 g/mol. The molecule has 4 nitrogen and oxygen atoms in total. The predicted molar refractivity (Wildman–Crippen MR) is 75.6 cm³/mol. The Morgan fingerprint density at radius 3 is 2.74 bits per heavy atom. The van der Waals surface area contributed by atoms with E-state index in [2.05, 4.69) is 11.6 Å². The number of fused-ring (bicyclic) bond motifs is 1. The summed E-state index contributed by atoms with van der Waals surface area (Å²) in [5.41, 5.74) is 1.95. The Balaban J connectivity index is 2.23. The molecule has 0 aliphatic heterocycles. The van der Waals surface area contributed by atoms with Gasteiger partial charge in [0.25, 0.3) is 0 Å². The van der Waals surface area contributed by atoms with Crippen LogP contribution in [0, 0.1) is 0 Å². The van der Waals surface area contributed by atoms with Crippen LogP contribution < -0.4 is 0 Å². The number of hydrogen-bond acceptors (Lipinski definition) is 3. The molecule has 0 saturated carbocycles. The molecule has 0 aliphatic rings. The van der Waals surface area contributed by atoms with E-state index in [4.69, 9.17) is 0 Å². The molecule has 3 rings (SSSR count). The third kappa shape index (κ3) is 1.84. The van der Waals surface area contributed by atoms with Crippen LogP contribution in [0.25, 0.3) is 22.3 Å². The largest absolute Gasteiger partial charge is 0.477 e. The van der Waals surface area contributed by atoms with Gasteiger partial charge >= 0.3 is 5.97 Å². The Morgan fingerprint density at radius 2 is 2.11 bits per heavy atom. The average Bonchev–Trinajstić information content (AvgIpc) is 2.95. The van der Waals surface area contributed by atoms with Crippen LogP contribution in [0.4, 0.5) is 0 Å². The van der Waals surface area contributed by atoms with Crippen molar-refractivity contribution in [1.29, 1.82) is 0 Å². The quantitative estimate of drug-likeness (QED) is 0.793. The molecule has 0 amide bonds. The van der Waals surface area contributed by atoms with Crippen LogP contribution in [-0.2, 0) is 0 Å². The Morgan fingerprint density at radius 1 is 1.37 bits per heavy atom. The number of rotatable bonds is 3. The Labute approximate surface area is 113 Å². The Kier molecular flexibility index (Phi) is 2.68. The number of aromatic nitrogens is 2. The van der Waals surface area contributed by atoms with E-state index < -0.39 is 5.97 Å². The molecule has 19 heavy (non-hydrogen) atoms. The number of nitrogens with zero attached hydrogens (tertiary/aromatic N) is 2. The maximum absolute atomic E-state index is 11.3. The zero-order valence-corrected chi connectivity index (χ0v) is 10.7. The molecule has 0 aliphatic carbocycles. The minimum atomic E-state index is -0.974. The Hall–Kier alpha value is -2.40. The third-order valence-corrected chi connectivity index (χ3v) is 3.86. The number of carboxylic acid groups (broad SMARTS) is 1. The molecule has 94 valence electrons. The molecule has 0 fully saturated rings. The summed E-state index contributed by atoms with van der Waals surface area (Å²) in [6.45, 7) is 3.64. The number of hydrogen-bond donors (Lipinski definition) is 1. The fraction of sp³-hybridized carbons (Fsp3) is 0. The number of aromatic carboxylic acids is 1. The van der Waals surface area contributed by atoms with Gasteiger partial charge in [0, 0.05) is 11.8 Å². The molecule has 0 saturated heterocycles. The van der Waals surface area contributed by atoms with E-state index in [1.54, 1.807) is 16.7 Å². The summed E-state index contributed by atoms with van der Waals surface area (Å²) in [6, 6.07) is 9.68. The summed E-state index contributed by atoms with van der Waals surface area (Å²) >= 11 is 1.32. The first-order valence-electron chi connectivity index (χ1n) is 5.63. The molecule has 0 atom stereocenters. The molecule has 5 heteroatoms. The van der Waals surface area contributed by atoms with Crippen molar-refractivity contribution in [1.82, 2.24) is 9.38 Å². The average molecular weight is 270 g/mol. The molecule has 2 aromatic heterocycles. The van der Waals surface area contributed by atoms with Gasteiger partial charge < -0.3 is 5.11 Å². The van der Waals surface area contributed by atoms with Crippen molar-refractivity contribution >= 4 is 28.3 Å². The second-order valence-electron chi connectivity index (χ2n) is 3.97. The van der Waals surface area contributed by atoms with Gasteiger partial charge in [0.2, 0.25) is 0 Å². The summed E-state index contributed by atoms with van der Waals surface area (Å²) in [7, 11) is 0. The van der Waals surface area contributed by atoms with E-state index in [0.717, 1.165) is 11.3 Å². The number of benzene rings is 1. The lowest BCUT2D eigenvalue weighted by Crippen LogP contribution is -2.01. The summed E-state index contributed by atoms with van der Waals surface area (Å²) in [5.74, 6) is -0.974. The first kappa shape index (κ1) is 11.7. The maximum Gasteiger partial charge on any atom is 0.354 e. The van der Waals surface area contributed by atoms with Gasteiger partial charge in [-0.1, -0.05) is 48.2 Å². The fourth-order valence-corrected chi connectivity index (χ4v) is 2.90. The number of carbonyl (C=O) groups is 1. The second kappa shape index (κ2) is 4.37. The minimum absolute atomic E-state index is 0.213. The van der Waals surface area contributed by atoms with Crippen LogP contribution in [0.15, 0.2) is 43.1 Å². The first-order valence-corrected chi connectivity index (χ1v) is 6.45. The molecule has 0 unspecified atom stereocenters. The van der Waals surface area contributed by atoms with E-state index in [-0.39, 0.29) is 5.69 Å². The van der Waals surface area contributed by atoms with Crippen molar-refractivity contribution in [2.75, 3.05) is 0 Å². The van der Waals surface area contributed by atoms with Crippen LogP contribution >= 0.6 is 11.3 Å². The van der Waals surface area contributed by atoms with E-state index in [1.807, 2.05) is 30.3 Å². The van der Waals surface area contributed by atoms with Crippen molar-refractivity contribution in [2.24, 2.45) is 0 Å². The van der Waals surface area contributed by atoms with Gasteiger partial charge in [-0.25, -0.2) is 9.78 Å². The van der Waals surface area contributed by atoms with Crippen molar-refractivity contribution < 1.29 is 9.90 Å². The van der Waals surface area contributed by atoms with Gasteiger partial charge in [0.05, 0.1) is 10.6 Å². The van der Waals surface area contributed by atoms with Crippen LogP contribution in [0.5, 0.6) is 0 Å². The summed E-state index contributed by atoms with van der Waals surface area (Å²) in [6.07, 6.45) is 3.29. The molecule has 0 spiro atoms. The molecule has 1 N–H and O–H groups in total. The highest BCUT2D eigenvalue weighted by molar-refractivity contribution is 7.18. The zero-order chi connectivity index (χ0) is 13.4. The number of thiazole rings is 1. The molecule has 0 radical (unpaired) electrons. The van der Waals surface area contributed by atoms with E-state index in [1.165, 1.54) is 11.3 Å². The highest BCUT2D eigenvalue weighted by atomic mass is 32.1. The van der Waals surface area contributed by atoms with Crippen molar-refractivity contribution in [3.8, 4) is 11.3 Å². The van der Waals surface area contributed by atoms with Crippen molar-refractivity contribution in [2.45, 2.75) is 0 Å². The molecular formula is C14H10N2O2S. The number of carboxylic acids is 1. The Bertz CT molecular complexity index is 771. The van der Waals surface area contributed by atoms with Crippen molar-refractivity contribution in [3.63, 3.8) is 0 Å². The van der Waals surface area contributed by atoms with Gasteiger partial charge in [-0.2, -0.15) is 0 Å². The zero-order valence-electron chi connectivity index (χ0n) is 9.91. The minimum Gasteiger partial charge on any atom is -0.477 e. The third-order valence-electron chi connectivity index (χ3n) is 2.81. The molecular weight excluding hydrogens is 260 g/mol. The highest BCUT2D eigenvalue weighted by Gasteiger charge is 2.18. The van der Waals surface area contributed by atoms with Crippen molar-refractivity contribution in [3.05, 3.63) is 53.7 Å². The van der Waals surface area contributed by atoms with Gasteiger partial charge in [-0.3, -0.25) is 4.40 Å². The lowest BCUT2D eigenvalue weighted by Gasteiger charge is -1.95. The van der Waals surface area contributed by atoms with Crippen LogP contribution in [0.1, 0.15) is 15.4 Å². The van der Waals surface area contributed by atoms with E-state index in [9.17, 15) is 9.90 Å². The molecule has 3 aromatic rings. The summed E-state index contributed by atoms with van der Waals surface area (Å²) in [4.78, 5) is 17.1. The summed E-state index contributed by atoms with van der Waals surface area (Å²) < 4.78 is 1.60. The summed E-state index contributed by atoms with van der Waals surface area (Å²) in [5, 5.41) is 9.27. The standard InChI is InChI=1S/C14H10N2O2S/c1-2-11-12(13(17)18)16-8-10(15-14(16)19-11)9-6-4-3-5-7-9/h2-8H,1H2,(H,17,18). The van der Waals surface area contributed by atoms with Crippen LogP contribution in [-0.4, -0.2) is 20.5 Å². The lowest BCUT2D eigenvalue weighted by atomic mass is 10.2. The van der Waals surface area contributed by atoms with Gasteiger partial charge in [-0.05, 0) is 6.08 Å². The predicted octanol–water partition coefficient (Wildman–Crippen LogP) is 3.40. The first-order chi connectivity index (χ1) is 9.20. The fourth-order valence-electron chi connectivity index (χ4n) is 1.96. The van der Waals surface area contributed by atoms with Crippen LogP contribution in [0.2, 0.25) is 0 Å².